The van der Waals surface area contributed by atoms with Crippen LogP contribution in [0.3, 0.4) is 0 Å². The maximum atomic E-state index is 12.2. The summed E-state index contributed by atoms with van der Waals surface area (Å²) in [7, 11) is -3.44. The summed E-state index contributed by atoms with van der Waals surface area (Å²) in [5, 5.41) is 0. The Kier molecular flexibility index (Phi) is 6.98. The summed E-state index contributed by atoms with van der Waals surface area (Å²) in [6, 6.07) is 9.22. The Bertz CT molecular complexity index is 520. The number of hydrogen-bond acceptors (Lipinski definition) is 3. The van der Waals surface area contributed by atoms with E-state index in [0.29, 0.717) is 6.42 Å². The van der Waals surface area contributed by atoms with Gasteiger partial charge in [0.25, 0.3) is 0 Å². The normalized spacial score (nSPS) is 11.7. The van der Waals surface area contributed by atoms with Gasteiger partial charge in [-0.1, -0.05) is 30.3 Å². The van der Waals surface area contributed by atoms with Crippen molar-refractivity contribution in [2.24, 2.45) is 5.73 Å². The topological polar surface area (TPSA) is 80.5 Å². The Balaban J connectivity index is 2.81. The fraction of sp³-hybridized carbons (Fsp3) is 0.462. The molecule has 0 aromatic heterocycles. The van der Waals surface area contributed by atoms with Gasteiger partial charge in [0, 0.05) is 25.4 Å². The van der Waals surface area contributed by atoms with E-state index >= 15 is 0 Å². The molecule has 0 atom stereocenters. The predicted molar refractivity (Wildman–Crippen MR) is 79.8 cm³/mol. The van der Waals surface area contributed by atoms with Gasteiger partial charge in [-0.15, -0.1) is 11.6 Å². The number of sulfonamides is 1. The maximum Gasteiger partial charge on any atom is 0.218 e. The Hall–Kier alpha value is -1.11. The number of nitrogens with zero attached hydrogens (tertiary/aromatic N) is 1. The van der Waals surface area contributed by atoms with Crippen LogP contribution >= 0.6 is 11.6 Å². The number of primary amides is 1. The summed E-state index contributed by atoms with van der Waals surface area (Å²) < 4.78 is 25.7. The third kappa shape index (κ3) is 5.90. The second-order valence-corrected chi connectivity index (χ2v) is 6.86. The third-order valence-corrected chi connectivity index (χ3v) is 4.91. The molecule has 0 heterocycles. The Morgan fingerprint density at radius 1 is 1.25 bits per heavy atom. The minimum Gasteiger partial charge on any atom is -0.370 e. The number of rotatable bonds is 9. The van der Waals surface area contributed by atoms with E-state index in [-0.39, 0.29) is 31.1 Å². The van der Waals surface area contributed by atoms with Crippen molar-refractivity contribution in [3.8, 4) is 0 Å². The van der Waals surface area contributed by atoms with E-state index in [2.05, 4.69) is 0 Å². The summed E-state index contributed by atoms with van der Waals surface area (Å²) in [5.74, 6) is -0.258. The molecule has 0 aliphatic carbocycles. The van der Waals surface area contributed by atoms with E-state index in [0.717, 1.165) is 5.56 Å². The van der Waals surface area contributed by atoms with Gasteiger partial charge in [-0.05, 0) is 12.0 Å². The molecule has 0 aliphatic rings. The number of benzene rings is 1. The molecule has 5 nitrogen and oxygen atoms in total. The van der Waals surface area contributed by atoms with Crippen molar-refractivity contribution in [3.05, 3.63) is 35.9 Å². The summed E-state index contributed by atoms with van der Waals surface area (Å²) in [4.78, 5) is 10.9. The largest absolute Gasteiger partial charge is 0.370 e. The Morgan fingerprint density at radius 2 is 1.90 bits per heavy atom. The summed E-state index contributed by atoms with van der Waals surface area (Å²) in [5.41, 5.74) is 5.96. The first-order valence-electron chi connectivity index (χ1n) is 6.31. The fourth-order valence-electron chi connectivity index (χ4n) is 1.70. The van der Waals surface area contributed by atoms with Gasteiger partial charge in [0.2, 0.25) is 15.9 Å². The molecule has 0 unspecified atom stereocenters. The van der Waals surface area contributed by atoms with Crippen LogP contribution in [0.25, 0.3) is 0 Å². The molecule has 20 heavy (non-hydrogen) atoms. The smallest absolute Gasteiger partial charge is 0.218 e. The summed E-state index contributed by atoms with van der Waals surface area (Å²) >= 11 is 5.54. The van der Waals surface area contributed by atoms with E-state index < -0.39 is 15.9 Å². The van der Waals surface area contributed by atoms with Crippen LogP contribution < -0.4 is 5.73 Å². The van der Waals surface area contributed by atoms with Crippen molar-refractivity contribution < 1.29 is 13.2 Å². The number of amides is 1. The molecular formula is C13H19ClN2O3S. The van der Waals surface area contributed by atoms with Gasteiger partial charge in [0.05, 0.1) is 5.75 Å². The molecule has 1 aromatic rings. The Morgan fingerprint density at radius 3 is 2.45 bits per heavy atom. The molecular weight excluding hydrogens is 300 g/mol. The molecule has 2 N–H and O–H groups in total. The molecule has 1 amide bonds. The van der Waals surface area contributed by atoms with Crippen molar-refractivity contribution in [1.82, 2.24) is 4.31 Å². The van der Waals surface area contributed by atoms with Gasteiger partial charge in [-0.3, -0.25) is 4.79 Å². The van der Waals surface area contributed by atoms with Gasteiger partial charge >= 0.3 is 0 Å². The summed E-state index contributed by atoms with van der Waals surface area (Å²) in [6.45, 7) is 0.327. The highest BCUT2D eigenvalue weighted by atomic mass is 35.5. The number of alkyl halides is 1. The lowest BCUT2D eigenvalue weighted by atomic mass is 10.2. The molecule has 0 aliphatic heterocycles. The van der Waals surface area contributed by atoms with Crippen molar-refractivity contribution in [3.63, 3.8) is 0 Å². The fourth-order valence-corrected chi connectivity index (χ4v) is 3.48. The highest BCUT2D eigenvalue weighted by Gasteiger charge is 2.22. The zero-order valence-corrected chi connectivity index (χ0v) is 12.7. The van der Waals surface area contributed by atoms with Crippen molar-refractivity contribution in [2.45, 2.75) is 19.4 Å². The van der Waals surface area contributed by atoms with Crippen LogP contribution in [0.2, 0.25) is 0 Å². The standard InChI is InChI=1S/C13H19ClN2O3S/c14-8-4-10-20(18,19)16(9-7-13(15)17)11-12-5-2-1-3-6-12/h1-3,5-6H,4,7-11H2,(H2,15,17). The molecule has 1 rings (SSSR count). The second-order valence-electron chi connectivity index (χ2n) is 4.39. The average Bonchev–Trinajstić information content (AvgIpc) is 2.42. The van der Waals surface area contributed by atoms with Crippen molar-refractivity contribution in [2.75, 3.05) is 18.2 Å². The van der Waals surface area contributed by atoms with Crippen LogP contribution in [0.15, 0.2) is 30.3 Å². The minimum atomic E-state index is -3.44. The van der Waals surface area contributed by atoms with Crippen molar-refractivity contribution >= 4 is 27.5 Å². The van der Waals surface area contributed by atoms with E-state index in [1.807, 2.05) is 30.3 Å². The number of halogens is 1. The van der Waals surface area contributed by atoms with Gasteiger partial charge in [0.15, 0.2) is 0 Å². The first kappa shape index (κ1) is 16.9. The molecule has 0 bridgehead atoms. The van der Waals surface area contributed by atoms with Gasteiger partial charge in [-0.2, -0.15) is 4.31 Å². The van der Waals surface area contributed by atoms with E-state index in [9.17, 15) is 13.2 Å². The minimum absolute atomic E-state index is 0.00688. The first-order chi connectivity index (χ1) is 9.45. The number of hydrogen-bond donors (Lipinski definition) is 1. The van der Waals surface area contributed by atoms with Crippen LogP contribution in [0, 0.1) is 0 Å². The zero-order chi connectivity index (χ0) is 15.0. The van der Waals surface area contributed by atoms with Crippen LogP contribution in [0.4, 0.5) is 0 Å². The molecule has 0 saturated carbocycles. The number of carbonyl (C=O) groups excluding carboxylic acids is 1. The molecule has 7 heteroatoms. The lowest BCUT2D eigenvalue weighted by Crippen LogP contribution is -2.35. The highest BCUT2D eigenvalue weighted by Crippen LogP contribution is 2.11. The highest BCUT2D eigenvalue weighted by molar-refractivity contribution is 7.89. The van der Waals surface area contributed by atoms with Gasteiger partial charge < -0.3 is 5.73 Å². The predicted octanol–water partition coefficient (Wildman–Crippen LogP) is 1.32. The zero-order valence-electron chi connectivity index (χ0n) is 11.2. The molecule has 0 saturated heterocycles. The average molecular weight is 319 g/mol. The third-order valence-electron chi connectivity index (χ3n) is 2.74. The van der Waals surface area contributed by atoms with Crippen LogP contribution in [-0.2, 0) is 21.4 Å². The molecule has 0 spiro atoms. The van der Waals surface area contributed by atoms with E-state index in [4.69, 9.17) is 17.3 Å². The lowest BCUT2D eigenvalue weighted by molar-refractivity contribution is -0.118. The number of carbonyl (C=O) groups is 1. The summed E-state index contributed by atoms with van der Waals surface area (Å²) in [6.07, 6.45) is 0.388. The number of nitrogens with two attached hydrogens (primary N) is 1. The van der Waals surface area contributed by atoms with Gasteiger partial charge in [-0.25, -0.2) is 8.42 Å². The molecule has 0 radical (unpaired) electrons. The molecule has 1 aromatic carbocycles. The lowest BCUT2D eigenvalue weighted by Gasteiger charge is -2.21. The quantitative estimate of drug-likeness (QED) is 0.697. The van der Waals surface area contributed by atoms with Gasteiger partial charge in [0.1, 0.15) is 0 Å². The van der Waals surface area contributed by atoms with E-state index in [1.54, 1.807) is 0 Å². The SMILES string of the molecule is NC(=O)CCN(Cc1ccccc1)S(=O)(=O)CCCCl. The molecule has 0 fully saturated rings. The van der Waals surface area contributed by atoms with Crippen LogP contribution in [-0.4, -0.2) is 36.8 Å². The monoisotopic (exact) mass is 318 g/mol. The van der Waals surface area contributed by atoms with Crippen molar-refractivity contribution in [1.29, 1.82) is 0 Å². The second kappa shape index (κ2) is 8.24. The van der Waals surface area contributed by atoms with Crippen LogP contribution in [0.5, 0.6) is 0 Å². The van der Waals surface area contributed by atoms with Crippen LogP contribution in [0.1, 0.15) is 18.4 Å². The first-order valence-corrected chi connectivity index (χ1v) is 8.46. The maximum absolute atomic E-state index is 12.2. The molecule has 112 valence electrons. The van der Waals surface area contributed by atoms with E-state index in [1.165, 1.54) is 4.31 Å². The Labute approximate surface area is 124 Å².